The lowest BCUT2D eigenvalue weighted by molar-refractivity contribution is 0.0525. The highest BCUT2D eigenvalue weighted by Gasteiger charge is 2.20. The normalized spacial score (nSPS) is 10.6. The summed E-state index contributed by atoms with van der Waals surface area (Å²) in [5.74, 6) is 0.0618. The van der Waals surface area contributed by atoms with Gasteiger partial charge in [0.25, 0.3) is 0 Å². The highest BCUT2D eigenvalue weighted by molar-refractivity contribution is 5.93. The smallest absolute Gasteiger partial charge is 0.339 e. The third-order valence-electron chi connectivity index (χ3n) is 4.21. The molecule has 1 heterocycles. The van der Waals surface area contributed by atoms with E-state index in [1.807, 2.05) is 35.8 Å². The molecule has 4 nitrogen and oxygen atoms in total. The van der Waals surface area contributed by atoms with E-state index in [1.54, 1.807) is 32.2 Å². The number of carbonyl (C=O) groups excluding carboxylic acids is 1. The number of hydrogen-bond donors (Lipinski definition) is 0. The molecule has 0 bridgehead atoms. The van der Waals surface area contributed by atoms with Crippen LogP contribution in [0.5, 0.6) is 5.75 Å². The fraction of sp³-hybridized carbons (Fsp3) is 0.190. The van der Waals surface area contributed by atoms with Gasteiger partial charge in [0.05, 0.1) is 25.0 Å². The molecule has 26 heavy (non-hydrogen) atoms. The monoisotopic (exact) mass is 353 g/mol. The topological polar surface area (TPSA) is 40.5 Å². The summed E-state index contributed by atoms with van der Waals surface area (Å²) >= 11 is 0. The van der Waals surface area contributed by atoms with E-state index in [1.165, 1.54) is 12.1 Å². The van der Waals surface area contributed by atoms with Gasteiger partial charge in [-0.2, -0.15) is 0 Å². The molecule has 0 radical (unpaired) electrons. The Balaban J connectivity index is 2.18. The van der Waals surface area contributed by atoms with E-state index >= 15 is 0 Å². The van der Waals surface area contributed by atoms with Crippen molar-refractivity contribution >= 4 is 5.97 Å². The number of methoxy groups -OCH3 is 1. The lowest BCUT2D eigenvalue weighted by atomic mass is 10.1. The summed E-state index contributed by atoms with van der Waals surface area (Å²) in [4.78, 5) is 12.3. The van der Waals surface area contributed by atoms with Gasteiger partial charge in [0, 0.05) is 11.4 Å². The Morgan fingerprint density at radius 1 is 1.08 bits per heavy atom. The van der Waals surface area contributed by atoms with Crippen LogP contribution in [-0.4, -0.2) is 24.3 Å². The van der Waals surface area contributed by atoms with E-state index in [-0.39, 0.29) is 11.8 Å². The predicted octanol–water partition coefficient (Wildman–Crippen LogP) is 4.78. The number of esters is 1. The maximum atomic E-state index is 13.3. The third kappa shape index (κ3) is 3.33. The van der Waals surface area contributed by atoms with E-state index < -0.39 is 0 Å². The Morgan fingerprint density at radius 3 is 2.31 bits per heavy atom. The number of nitrogens with zero attached hydrogens (tertiary/aromatic N) is 1. The molecule has 0 unspecified atom stereocenters. The molecule has 0 spiro atoms. The largest absolute Gasteiger partial charge is 0.497 e. The van der Waals surface area contributed by atoms with Gasteiger partial charge in [0.15, 0.2) is 0 Å². The van der Waals surface area contributed by atoms with Gasteiger partial charge in [-0.25, -0.2) is 9.18 Å². The van der Waals surface area contributed by atoms with E-state index in [0.717, 1.165) is 28.4 Å². The fourth-order valence-electron chi connectivity index (χ4n) is 2.92. The van der Waals surface area contributed by atoms with Crippen molar-refractivity contribution in [2.24, 2.45) is 0 Å². The van der Waals surface area contributed by atoms with Gasteiger partial charge in [-0.3, -0.25) is 0 Å². The molecule has 0 atom stereocenters. The maximum Gasteiger partial charge on any atom is 0.339 e. The summed E-state index contributed by atoms with van der Waals surface area (Å²) < 4.78 is 25.7. The first kappa shape index (κ1) is 17.7. The number of benzene rings is 2. The molecule has 3 aromatic rings. The van der Waals surface area contributed by atoms with Crippen LogP contribution in [0.1, 0.15) is 23.0 Å². The van der Waals surface area contributed by atoms with Gasteiger partial charge >= 0.3 is 5.97 Å². The summed E-state index contributed by atoms with van der Waals surface area (Å²) in [5.41, 5.74) is 3.71. The number of carbonyl (C=O) groups is 1. The Morgan fingerprint density at radius 2 is 1.73 bits per heavy atom. The van der Waals surface area contributed by atoms with Crippen LogP contribution < -0.4 is 4.74 Å². The molecule has 0 fully saturated rings. The van der Waals surface area contributed by atoms with Crippen molar-refractivity contribution in [3.8, 4) is 22.7 Å². The van der Waals surface area contributed by atoms with Crippen LogP contribution in [0, 0.1) is 12.7 Å². The minimum Gasteiger partial charge on any atom is -0.497 e. The molecule has 134 valence electrons. The molecule has 1 aromatic heterocycles. The van der Waals surface area contributed by atoms with E-state index in [2.05, 4.69) is 0 Å². The Bertz CT molecular complexity index is 912. The van der Waals surface area contributed by atoms with Gasteiger partial charge in [-0.15, -0.1) is 0 Å². The van der Waals surface area contributed by atoms with Crippen LogP contribution >= 0.6 is 0 Å². The van der Waals surface area contributed by atoms with Gasteiger partial charge in [0.2, 0.25) is 0 Å². The fourth-order valence-corrected chi connectivity index (χ4v) is 2.92. The highest BCUT2D eigenvalue weighted by Crippen LogP contribution is 2.30. The minimum atomic E-state index is -0.374. The van der Waals surface area contributed by atoms with Crippen LogP contribution in [0.2, 0.25) is 0 Å². The molecule has 0 N–H and O–H groups in total. The maximum absolute atomic E-state index is 13.3. The van der Waals surface area contributed by atoms with Gasteiger partial charge in [-0.05, 0) is 74.0 Å². The van der Waals surface area contributed by atoms with Crippen LogP contribution in [-0.2, 0) is 4.74 Å². The predicted molar refractivity (Wildman–Crippen MR) is 98.4 cm³/mol. The van der Waals surface area contributed by atoms with Crippen molar-refractivity contribution in [3.63, 3.8) is 0 Å². The first-order valence-electron chi connectivity index (χ1n) is 8.35. The van der Waals surface area contributed by atoms with Crippen LogP contribution in [0.15, 0.2) is 54.6 Å². The van der Waals surface area contributed by atoms with Crippen LogP contribution in [0.3, 0.4) is 0 Å². The molecule has 0 aliphatic heterocycles. The second kappa shape index (κ2) is 7.44. The van der Waals surface area contributed by atoms with Gasteiger partial charge in [-0.1, -0.05) is 0 Å². The zero-order chi connectivity index (χ0) is 18.7. The first-order chi connectivity index (χ1) is 12.5. The molecular formula is C21H20FNO3. The van der Waals surface area contributed by atoms with Crippen molar-refractivity contribution in [3.05, 3.63) is 71.7 Å². The SMILES string of the molecule is CCOC(=O)c1cc(-c2ccc(F)cc2)n(-c2ccc(OC)cc2)c1C. The van der Waals surface area contributed by atoms with Gasteiger partial charge < -0.3 is 14.0 Å². The summed E-state index contributed by atoms with van der Waals surface area (Å²) in [5, 5.41) is 0. The van der Waals surface area contributed by atoms with Crippen molar-refractivity contribution < 1.29 is 18.7 Å². The van der Waals surface area contributed by atoms with Crippen LogP contribution in [0.25, 0.3) is 16.9 Å². The zero-order valence-electron chi connectivity index (χ0n) is 15.0. The summed E-state index contributed by atoms with van der Waals surface area (Å²) in [6.45, 7) is 3.94. The molecular weight excluding hydrogens is 333 g/mol. The number of hydrogen-bond acceptors (Lipinski definition) is 3. The quantitative estimate of drug-likeness (QED) is 0.620. The number of aromatic nitrogens is 1. The molecule has 0 saturated carbocycles. The van der Waals surface area contributed by atoms with E-state index in [9.17, 15) is 9.18 Å². The van der Waals surface area contributed by atoms with Crippen molar-refractivity contribution in [2.45, 2.75) is 13.8 Å². The lowest BCUT2D eigenvalue weighted by Crippen LogP contribution is -2.06. The van der Waals surface area contributed by atoms with Crippen LogP contribution in [0.4, 0.5) is 4.39 Å². The standard InChI is InChI=1S/C21H20FNO3/c1-4-26-21(24)19-13-20(15-5-7-16(22)8-6-15)23(14(19)2)17-9-11-18(25-3)12-10-17/h5-13H,4H2,1-3H3. The van der Waals surface area contributed by atoms with Crippen molar-refractivity contribution in [1.82, 2.24) is 4.57 Å². The van der Waals surface area contributed by atoms with Crippen molar-refractivity contribution in [2.75, 3.05) is 13.7 Å². The Kier molecular flexibility index (Phi) is 5.07. The second-order valence-corrected chi connectivity index (χ2v) is 5.79. The summed E-state index contributed by atoms with van der Waals surface area (Å²) in [7, 11) is 1.61. The minimum absolute atomic E-state index is 0.303. The zero-order valence-corrected chi connectivity index (χ0v) is 15.0. The molecule has 0 aliphatic rings. The third-order valence-corrected chi connectivity index (χ3v) is 4.21. The second-order valence-electron chi connectivity index (χ2n) is 5.79. The molecule has 0 saturated heterocycles. The van der Waals surface area contributed by atoms with Gasteiger partial charge in [0.1, 0.15) is 11.6 Å². The average Bonchev–Trinajstić information content (AvgIpc) is 3.00. The molecule has 0 amide bonds. The number of halogens is 1. The molecule has 5 heteroatoms. The first-order valence-corrected chi connectivity index (χ1v) is 8.35. The highest BCUT2D eigenvalue weighted by atomic mass is 19.1. The molecule has 0 aliphatic carbocycles. The number of rotatable bonds is 5. The number of ether oxygens (including phenoxy) is 2. The Hall–Kier alpha value is -3.08. The Labute approximate surface area is 151 Å². The van der Waals surface area contributed by atoms with E-state index in [4.69, 9.17) is 9.47 Å². The summed E-state index contributed by atoms with van der Waals surface area (Å²) in [6, 6.07) is 15.5. The van der Waals surface area contributed by atoms with E-state index in [0.29, 0.717) is 12.2 Å². The lowest BCUT2D eigenvalue weighted by Gasteiger charge is -2.13. The van der Waals surface area contributed by atoms with Crippen molar-refractivity contribution in [1.29, 1.82) is 0 Å². The summed E-state index contributed by atoms with van der Waals surface area (Å²) in [6.07, 6.45) is 0. The average molecular weight is 353 g/mol. The molecule has 2 aromatic carbocycles. The molecule has 3 rings (SSSR count).